The van der Waals surface area contributed by atoms with Crippen molar-refractivity contribution >= 4 is 19.8 Å². The molecule has 0 amide bonds. The standard InChI is InChI=1S/C41H75O8P/c1-3-5-7-9-11-13-15-17-19-20-22-24-26-28-30-32-34-36-41(43)49-39(38-48-50(44,45)46)37-47-40(42)35-33-31-29-27-25-23-21-18-16-14-12-10-8-6-4-2/h6,8,12,14,18,21,39H,3-5,7,9-11,13,15-17,19-20,22-38H2,1-2H3,(H2,44,45,46)/b8-6-,14-12-,21-18-/t39-/m1/s1. The van der Waals surface area contributed by atoms with E-state index in [-0.39, 0.29) is 19.4 Å². The lowest BCUT2D eigenvalue weighted by atomic mass is 10.0. The van der Waals surface area contributed by atoms with Crippen LogP contribution in [0.1, 0.15) is 194 Å². The number of unbranched alkanes of at least 4 members (excludes halogenated alkanes) is 21. The van der Waals surface area contributed by atoms with Crippen LogP contribution in [0.25, 0.3) is 0 Å². The quantitative estimate of drug-likeness (QED) is 0.0281. The van der Waals surface area contributed by atoms with Crippen molar-refractivity contribution < 1.29 is 37.9 Å². The van der Waals surface area contributed by atoms with Crippen LogP contribution < -0.4 is 0 Å². The molecule has 0 radical (unpaired) electrons. The second-order valence-electron chi connectivity index (χ2n) is 13.6. The van der Waals surface area contributed by atoms with Gasteiger partial charge >= 0.3 is 19.8 Å². The molecule has 50 heavy (non-hydrogen) atoms. The lowest BCUT2D eigenvalue weighted by Gasteiger charge is -2.18. The topological polar surface area (TPSA) is 119 Å². The van der Waals surface area contributed by atoms with Gasteiger partial charge in [-0.15, -0.1) is 0 Å². The maximum Gasteiger partial charge on any atom is 0.469 e. The number of allylic oxidation sites excluding steroid dienone is 6. The molecule has 0 fully saturated rings. The van der Waals surface area contributed by atoms with Crippen molar-refractivity contribution in [3.8, 4) is 0 Å². The van der Waals surface area contributed by atoms with E-state index in [9.17, 15) is 14.2 Å². The molecule has 0 aliphatic carbocycles. The molecule has 0 saturated carbocycles. The van der Waals surface area contributed by atoms with Crippen LogP contribution in [-0.2, 0) is 28.2 Å². The molecule has 0 rings (SSSR count). The number of carbonyl (C=O) groups is 2. The van der Waals surface area contributed by atoms with Gasteiger partial charge in [-0.3, -0.25) is 14.1 Å². The van der Waals surface area contributed by atoms with E-state index in [4.69, 9.17) is 19.3 Å². The van der Waals surface area contributed by atoms with Crippen LogP contribution in [0.4, 0.5) is 0 Å². The minimum Gasteiger partial charge on any atom is -0.462 e. The Morgan fingerprint density at radius 3 is 1.44 bits per heavy atom. The van der Waals surface area contributed by atoms with Gasteiger partial charge in [0.25, 0.3) is 0 Å². The van der Waals surface area contributed by atoms with Gasteiger partial charge in [-0.1, -0.05) is 172 Å². The van der Waals surface area contributed by atoms with Crippen molar-refractivity contribution in [2.24, 2.45) is 0 Å². The van der Waals surface area contributed by atoms with Gasteiger partial charge in [-0.2, -0.15) is 0 Å². The van der Waals surface area contributed by atoms with Crippen LogP contribution in [0.2, 0.25) is 0 Å². The highest BCUT2D eigenvalue weighted by atomic mass is 31.2. The molecule has 1 atom stereocenters. The van der Waals surface area contributed by atoms with E-state index in [0.29, 0.717) is 12.8 Å². The third kappa shape index (κ3) is 39.1. The van der Waals surface area contributed by atoms with Crippen LogP contribution in [0.3, 0.4) is 0 Å². The van der Waals surface area contributed by atoms with E-state index >= 15 is 0 Å². The molecule has 0 aromatic rings. The van der Waals surface area contributed by atoms with Gasteiger partial charge in [0.05, 0.1) is 6.61 Å². The summed E-state index contributed by atoms with van der Waals surface area (Å²) in [6, 6.07) is 0. The smallest absolute Gasteiger partial charge is 0.462 e. The number of esters is 2. The second-order valence-corrected chi connectivity index (χ2v) is 14.8. The van der Waals surface area contributed by atoms with E-state index in [0.717, 1.165) is 70.6 Å². The minimum absolute atomic E-state index is 0.211. The van der Waals surface area contributed by atoms with E-state index in [2.05, 4.69) is 54.8 Å². The van der Waals surface area contributed by atoms with Gasteiger partial charge in [0.1, 0.15) is 6.61 Å². The van der Waals surface area contributed by atoms with Gasteiger partial charge in [-0.05, 0) is 44.9 Å². The van der Waals surface area contributed by atoms with Crippen LogP contribution in [0.5, 0.6) is 0 Å². The molecular weight excluding hydrogens is 651 g/mol. The zero-order valence-corrected chi connectivity index (χ0v) is 32.9. The molecule has 8 nitrogen and oxygen atoms in total. The Balaban J connectivity index is 3.93. The highest BCUT2D eigenvalue weighted by Crippen LogP contribution is 2.36. The minimum atomic E-state index is -4.75. The summed E-state index contributed by atoms with van der Waals surface area (Å²) in [6.45, 7) is 3.57. The van der Waals surface area contributed by atoms with Crippen LogP contribution >= 0.6 is 7.82 Å². The van der Waals surface area contributed by atoms with Gasteiger partial charge in [0.2, 0.25) is 0 Å². The van der Waals surface area contributed by atoms with Crippen LogP contribution in [0, 0.1) is 0 Å². The average molecular weight is 727 g/mol. The van der Waals surface area contributed by atoms with Gasteiger partial charge in [-0.25, -0.2) is 4.57 Å². The van der Waals surface area contributed by atoms with Gasteiger partial charge < -0.3 is 19.3 Å². The molecule has 292 valence electrons. The number of hydrogen-bond acceptors (Lipinski definition) is 6. The Kier molecular flexibility index (Phi) is 35.8. The highest BCUT2D eigenvalue weighted by Gasteiger charge is 2.22. The molecule has 2 N–H and O–H groups in total. The Morgan fingerprint density at radius 1 is 0.540 bits per heavy atom. The summed E-state index contributed by atoms with van der Waals surface area (Å²) in [5.74, 6) is -0.899. The van der Waals surface area contributed by atoms with Crippen molar-refractivity contribution in [2.45, 2.75) is 200 Å². The molecule has 0 aliphatic rings. The highest BCUT2D eigenvalue weighted by molar-refractivity contribution is 7.46. The zero-order valence-electron chi connectivity index (χ0n) is 32.0. The largest absolute Gasteiger partial charge is 0.469 e. The van der Waals surface area contributed by atoms with Crippen molar-refractivity contribution in [1.82, 2.24) is 0 Å². The molecule has 0 aromatic heterocycles. The van der Waals surface area contributed by atoms with Crippen molar-refractivity contribution in [2.75, 3.05) is 13.2 Å². The number of ether oxygens (including phenoxy) is 2. The Bertz CT molecular complexity index is 910. The van der Waals surface area contributed by atoms with Gasteiger partial charge in [0, 0.05) is 12.8 Å². The molecule has 0 saturated heterocycles. The number of phosphoric acid groups is 1. The molecule has 0 aromatic carbocycles. The third-order valence-electron chi connectivity index (χ3n) is 8.67. The summed E-state index contributed by atoms with van der Waals surface area (Å²) in [5, 5.41) is 0. The summed E-state index contributed by atoms with van der Waals surface area (Å²) >= 11 is 0. The van der Waals surface area contributed by atoms with E-state index in [1.165, 1.54) is 83.5 Å². The number of hydrogen-bond donors (Lipinski definition) is 2. The van der Waals surface area contributed by atoms with Crippen LogP contribution in [-0.4, -0.2) is 41.0 Å². The van der Waals surface area contributed by atoms with Crippen LogP contribution in [0.15, 0.2) is 36.5 Å². The maximum absolute atomic E-state index is 12.4. The van der Waals surface area contributed by atoms with Gasteiger partial charge in [0.15, 0.2) is 6.10 Å². The summed E-state index contributed by atoms with van der Waals surface area (Å²) in [6.07, 6.45) is 42.9. The first-order valence-electron chi connectivity index (χ1n) is 20.3. The Hall–Kier alpha value is -1.73. The lowest BCUT2D eigenvalue weighted by Crippen LogP contribution is -2.29. The van der Waals surface area contributed by atoms with E-state index in [1.807, 2.05) is 0 Å². The fourth-order valence-electron chi connectivity index (χ4n) is 5.68. The molecule has 0 heterocycles. The Morgan fingerprint density at radius 2 is 0.960 bits per heavy atom. The fraction of sp³-hybridized carbons (Fsp3) is 0.805. The van der Waals surface area contributed by atoms with E-state index < -0.39 is 32.5 Å². The normalized spacial score (nSPS) is 12.8. The zero-order chi connectivity index (χ0) is 36.8. The van der Waals surface area contributed by atoms with E-state index in [1.54, 1.807) is 0 Å². The molecule has 0 spiro atoms. The third-order valence-corrected chi connectivity index (χ3v) is 9.16. The second kappa shape index (κ2) is 37.0. The average Bonchev–Trinajstić information content (AvgIpc) is 3.08. The summed E-state index contributed by atoms with van der Waals surface area (Å²) in [4.78, 5) is 42.8. The van der Waals surface area contributed by atoms with Crippen molar-refractivity contribution in [1.29, 1.82) is 0 Å². The summed E-state index contributed by atoms with van der Waals surface area (Å²) < 4.78 is 26.4. The number of phosphoric ester groups is 1. The number of rotatable bonds is 37. The summed E-state index contributed by atoms with van der Waals surface area (Å²) in [7, 11) is -4.75. The molecule has 9 heteroatoms. The Labute approximate surface area is 306 Å². The molecule has 0 unspecified atom stereocenters. The maximum atomic E-state index is 12.4. The monoisotopic (exact) mass is 727 g/mol. The van der Waals surface area contributed by atoms with Crippen molar-refractivity contribution in [3.63, 3.8) is 0 Å². The molecular formula is C41H75O8P. The predicted molar refractivity (Wildman–Crippen MR) is 207 cm³/mol. The number of carbonyl (C=O) groups excluding carboxylic acids is 2. The molecule has 0 aliphatic heterocycles. The summed E-state index contributed by atoms with van der Waals surface area (Å²) in [5.41, 5.74) is 0. The van der Waals surface area contributed by atoms with Crippen molar-refractivity contribution in [3.05, 3.63) is 36.5 Å². The lowest BCUT2D eigenvalue weighted by molar-refractivity contribution is -0.161. The first kappa shape index (κ1) is 48.3. The predicted octanol–water partition coefficient (Wildman–Crippen LogP) is 12.2. The SMILES string of the molecule is CC/C=C\C/C=C\C/C=C\CCCCCCCC(=O)OC[C@H](COP(=O)(O)O)OC(=O)CCCCCCCCCCCCCCCCCCC. The first-order chi connectivity index (χ1) is 24.3. The fourth-order valence-corrected chi connectivity index (χ4v) is 6.04. The first-order valence-corrected chi connectivity index (χ1v) is 21.8. The molecule has 0 bridgehead atoms.